The summed E-state index contributed by atoms with van der Waals surface area (Å²) in [5, 5.41) is 6.75. The predicted molar refractivity (Wildman–Crippen MR) is 83.7 cm³/mol. The van der Waals surface area contributed by atoms with E-state index < -0.39 is 0 Å². The van der Waals surface area contributed by atoms with Crippen molar-refractivity contribution in [2.45, 2.75) is 59.5 Å². The van der Waals surface area contributed by atoms with Crippen LogP contribution in [0.25, 0.3) is 0 Å². The molecule has 4 heteroatoms. The summed E-state index contributed by atoms with van der Waals surface area (Å²) in [6.45, 7) is 14.9. The van der Waals surface area contributed by atoms with E-state index in [0.29, 0.717) is 12.0 Å². The Labute approximate surface area is 119 Å². The molecule has 0 aromatic heterocycles. The Balaban J connectivity index is 2.32. The van der Waals surface area contributed by atoms with Gasteiger partial charge in [-0.05, 0) is 39.5 Å². The molecule has 0 atom stereocenters. The van der Waals surface area contributed by atoms with Crippen molar-refractivity contribution in [2.75, 3.05) is 26.2 Å². The largest absolute Gasteiger partial charge is 0.357 e. The van der Waals surface area contributed by atoms with Crippen LogP contribution >= 0.6 is 0 Å². The molecule has 0 spiro atoms. The van der Waals surface area contributed by atoms with E-state index in [9.17, 15) is 0 Å². The first-order chi connectivity index (χ1) is 9.04. The van der Waals surface area contributed by atoms with Gasteiger partial charge >= 0.3 is 0 Å². The van der Waals surface area contributed by atoms with E-state index in [2.05, 4.69) is 55.1 Å². The van der Waals surface area contributed by atoms with E-state index in [4.69, 9.17) is 0 Å². The summed E-state index contributed by atoms with van der Waals surface area (Å²) in [5.74, 6) is 1.56. The standard InChI is InChI=1S/C15H32N4/c1-6-16-15(18-11-12(2)3)17-9-10-19(13(4)5)14-7-8-14/h12-14H,6-11H2,1-5H3,(H2,16,17,18). The van der Waals surface area contributed by atoms with Crippen LogP contribution in [-0.2, 0) is 0 Å². The van der Waals surface area contributed by atoms with Crippen molar-refractivity contribution in [3.8, 4) is 0 Å². The third-order valence-corrected chi connectivity index (χ3v) is 3.30. The minimum Gasteiger partial charge on any atom is -0.357 e. The lowest BCUT2D eigenvalue weighted by Gasteiger charge is -2.26. The minimum absolute atomic E-state index is 0.606. The first-order valence-electron chi connectivity index (χ1n) is 7.82. The lowest BCUT2D eigenvalue weighted by molar-refractivity contribution is 0.215. The molecule has 19 heavy (non-hydrogen) atoms. The van der Waals surface area contributed by atoms with Gasteiger partial charge in [0, 0.05) is 38.3 Å². The van der Waals surface area contributed by atoms with Gasteiger partial charge in [0.25, 0.3) is 0 Å². The number of hydrogen-bond donors (Lipinski definition) is 2. The SMILES string of the molecule is CCNC(=NCC(C)C)NCCN(C(C)C)C1CC1. The molecule has 0 bridgehead atoms. The predicted octanol–water partition coefficient (Wildman–Crippen LogP) is 2.07. The van der Waals surface area contributed by atoms with Crippen LogP contribution in [0.15, 0.2) is 4.99 Å². The quantitative estimate of drug-likeness (QED) is 0.523. The normalized spacial score (nSPS) is 16.5. The summed E-state index contributed by atoms with van der Waals surface area (Å²) in [6.07, 6.45) is 2.75. The number of nitrogens with zero attached hydrogens (tertiary/aromatic N) is 2. The summed E-state index contributed by atoms with van der Waals surface area (Å²) >= 11 is 0. The highest BCUT2D eigenvalue weighted by atomic mass is 15.2. The maximum Gasteiger partial charge on any atom is 0.191 e. The van der Waals surface area contributed by atoms with Crippen molar-refractivity contribution in [1.29, 1.82) is 0 Å². The van der Waals surface area contributed by atoms with Crippen LogP contribution < -0.4 is 10.6 Å². The smallest absolute Gasteiger partial charge is 0.191 e. The average Bonchev–Trinajstić information content (AvgIpc) is 3.14. The molecule has 1 rings (SSSR count). The van der Waals surface area contributed by atoms with Gasteiger partial charge in [0.2, 0.25) is 0 Å². The van der Waals surface area contributed by atoms with Crippen LogP contribution in [0.3, 0.4) is 0 Å². The van der Waals surface area contributed by atoms with Gasteiger partial charge in [0.15, 0.2) is 5.96 Å². The first-order valence-corrected chi connectivity index (χ1v) is 7.82. The lowest BCUT2D eigenvalue weighted by Crippen LogP contribution is -2.44. The Morgan fingerprint density at radius 2 is 1.89 bits per heavy atom. The van der Waals surface area contributed by atoms with Crippen LogP contribution in [0.2, 0.25) is 0 Å². The van der Waals surface area contributed by atoms with Crippen LogP contribution in [0, 0.1) is 5.92 Å². The number of hydrogen-bond acceptors (Lipinski definition) is 2. The summed E-state index contributed by atoms with van der Waals surface area (Å²) < 4.78 is 0. The number of rotatable bonds is 8. The summed E-state index contributed by atoms with van der Waals surface area (Å²) in [5.41, 5.74) is 0. The first kappa shape index (κ1) is 16.3. The second-order valence-electron chi connectivity index (χ2n) is 6.10. The molecule has 2 N–H and O–H groups in total. The van der Waals surface area contributed by atoms with Gasteiger partial charge in [-0.1, -0.05) is 13.8 Å². The maximum absolute atomic E-state index is 4.59. The average molecular weight is 268 g/mol. The third kappa shape index (κ3) is 6.81. The van der Waals surface area contributed by atoms with Gasteiger partial charge in [0.1, 0.15) is 0 Å². The molecule has 1 aliphatic rings. The van der Waals surface area contributed by atoms with Crippen molar-refractivity contribution >= 4 is 5.96 Å². The van der Waals surface area contributed by atoms with E-state index in [1.807, 2.05) is 0 Å². The second kappa shape index (κ2) is 8.41. The maximum atomic E-state index is 4.59. The number of guanidine groups is 1. The van der Waals surface area contributed by atoms with Crippen molar-refractivity contribution in [2.24, 2.45) is 10.9 Å². The summed E-state index contributed by atoms with van der Waals surface area (Å²) in [6, 6.07) is 1.47. The molecule has 112 valence electrons. The Kier molecular flexibility index (Phi) is 7.21. The molecule has 0 radical (unpaired) electrons. The van der Waals surface area contributed by atoms with Gasteiger partial charge in [-0.25, -0.2) is 0 Å². The highest BCUT2D eigenvalue weighted by molar-refractivity contribution is 5.79. The van der Waals surface area contributed by atoms with Crippen LogP contribution in [0.1, 0.15) is 47.5 Å². The van der Waals surface area contributed by atoms with Gasteiger partial charge in [-0.15, -0.1) is 0 Å². The van der Waals surface area contributed by atoms with Crippen LogP contribution in [0.5, 0.6) is 0 Å². The van der Waals surface area contributed by atoms with Crippen molar-refractivity contribution in [3.63, 3.8) is 0 Å². The van der Waals surface area contributed by atoms with E-state index in [-0.39, 0.29) is 0 Å². The van der Waals surface area contributed by atoms with E-state index in [1.165, 1.54) is 12.8 Å². The monoisotopic (exact) mass is 268 g/mol. The van der Waals surface area contributed by atoms with E-state index in [1.54, 1.807) is 0 Å². The highest BCUT2D eigenvalue weighted by Crippen LogP contribution is 2.27. The Bertz CT molecular complexity index is 267. The summed E-state index contributed by atoms with van der Waals surface area (Å²) in [7, 11) is 0. The molecule has 4 nitrogen and oxygen atoms in total. The third-order valence-electron chi connectivity index (χ3n) is 3.30. The fraction of sp³-hybridized carbons (Fsp3) is 0.933. The van der Waals surface area contributed by atoms with E-state index in [0.717, 1.165) is 38.2 Å². The van der Waals surface area contributed by atoms with Crippen LogP contribution in [0.4, 0.5) is 0 Å². The molecule has 0 aromatic carbocycles. The fourth-order valence-corrected chi connectivity index (χ4v) is 2.19. The van der Waals surface area contributed by atoms with Gasteiger partial charge < -0.3 is 10.6 Å². The zero-order chi connectivity index (χ0) is 14.3. The summed E-state index contributed by atoms with van der Waals surface area (Å²) in [4.78, 5) is 7.19. The Hall–Kier alpha value is -0.770. The zero-order valence-electron chi connectivity index (χ0n) is 13.4. The van der Waals surface area contributed by atoms with E-state index >= 15 is 0 Å². The number of nitrogens with one attached hydrogen (secondary N) is 2. The van der Waals surface area contributed by atoms with Gasteiger partial charge in [-0.3, -0.25) is 9.89 Å². The molecular formula is C15H32N4. The molecule has 0 aliphatic heterocycles. The van der Waals surface area contributed by atoms with Gasteiger partial charge in [-0.2, -0.15) is 0 Å². The molecule has 0 unspecified atom stereocenters. The van der Waals surface area contributed by atoms with Crippen LogP contribution in [-0.4, -0.2) is 49.1 Å². The Morgan fingerprint density at radius 1 is 1.21 bits per heavy atom. The molecular weight excluding hydrogens is 236 g/mol. The molecule has 1 aliphatic carbocycles. The van der Waals surface area contributed by atoms with Crippen molar-refractivity contribution in [3.05, 3.63) is 0 Å². The fourth-order valence-electron chi connectivity index (χ4n) is 2.19. The molecule has 0 amide bonds. The van der Waals surface area contributed by atoms with Crippen molar-refractivity contribution < 1.29 is 0 Å². The lowest BCUT2D eigenvalue weighted by atomic mass is 10.2. The van der Waals surface area contributed by atoms with Gasteiger partial charge in [0.05, 0.1) is 0 Å². The zero-order valence-corrected chi connectivity index (χ0v) is 13.4. The Morgan fingerprint density at radius 3 is 2.37 bits per heavy atom. The molecule has 0 aromatic rings. The minimum atomic E-state index is 0.606. The highest BCUT2D eigenvalue weighted by Gasteiger charge is 2.29. The molecule has 1 saturated carbocycles. The molecule has 0 saturated heterocycles. The second-order valence-corrected chi connectivity index (χ2v) is 6.10. The van der Waals surface area contributed by atoms with Crippen molar-refractivity contribution in [1.82, 2.24) is 15.5 Å². The molecule has 1 fully saturated rings. The topological polar surface area (TPSA) is 39.7 Å². The number of aliphatic imine (C=N–C) groups is 1. The molecule has 0 heterocycles.